The summed E-state index contributed by atoms with van der Waals surface area (Å²) < 4.78 is 0. The Hall–Kier alpha value is -2.03. The van der Waals surface area contributed by atoms with Crippen molar-refractivity contribution in [3.8, 4) is 0 Å². The van der Waals surface area contributed by atoms with Crippen LogP contribution in [0.25, 0.3) is 0 Å². The Kier molecular flexibility index (Phi) is 3.47. The van der Waals surface area contributed by atoms with E-state index in [-0.39, 0.29) is 5.56 Å². The quantitative estimate of drug-likeness (QED) is 0.868. The van der Waals surface area contributed by atoms with E-state index in [1.807, 2.05) is 13.8 Å². The molecule has 1 aromatic carbocycles. The Morgan fingerprint density at radius 2 is 1.63 bits per heavy atom. The number of rotatable bonds is 2. The van der Waals surface area contributed by atoms with Crippen LogP contribution in [0.5, 0.6) is 0 Å². The average Bonchev–Trinajstić information content (AvgIpc) is 2.31. The maximum absolute atomic E-state index is 11.8. The summed E-state index contributed by atoms with van der Waals surface area (Å²) >= 11 is 0. The Morgan fingerprint density at radius 1 is 1.05 bits per heavy atom. The van der Waals surface area contributed by atoms with Gasteiger partial charge in [-0.1, -0.05) is 29.3 Å². The number of aromatic amines is 1. The molecule has 0 aliphatic heterocycles. The SMILES string of the molecule is Cc1cc(C)cc(Cc2c(C)c(C)[nH]c(=O)c2N)c1. The van der Waals surface area contributed by atoms with Gasteiger partial charge in [0.15, 0.2) is 0 Å². The summed E-state index contributed by atoms with van der Waals surface area (Å²) in [4.78, 5) is 14.5. The number of nitrogens with one attached hydrogen (secondary N) is 1. The van der Waals surface area contributed by atoms with E-state index in [1.165, 1.54) is 16.7 Å². The first kappa shape index (κ1) is 13.4. The van der Waals surface area contributed by atoms with Crippen molar-refractivity contribution in [3.05, 3.63) is 62.1 Å². The molecule has 0 unspecified atom stereocenters. The first-order valence-corrected chi connectivity index (χ1v) is 6.43. The number of aryl methyl sites for hydroxylation is 3. The van der Waals surface area contributed by atoms with Crippen molar-refractivity contribution in [2.45, 2.75) is 34.1 Å². The number of anilines is 1. The minimum Gasteiger partial charge on any atom is -0.394 e. The lowest BCUT2D eigenvalue weighted by molar-refractivity contribution is 1.04. The maximum atomic E-state index is 11.8. The summed E-state index contributed by atoms with van der Waals surface area (Å²) in [6.07, 6.45) is 0.699. The van der Waals surface area contributed by atoms with Crippen molar-refractivity contribution < 1.29 is 0 Å². The topological polar surface area (TPSA) is 58.9 Å². The molecule has 0 aliphatic carbocycles. The van der Waals surface area contributed by atoms with Crippen LogP contribution in [-0.2, 0) is 6.42 Å². The van der Waals surface area contributed by atoms with Crippen LogP contribution in [0, 0.1) is 27.7 Å². The third-order valence-electron chi connectivity index (χ3n) is 3.55. The Bertz CT molecular complexity index is 664. The molecule has 0 saturated carbocycles. The van der Waals surface area contributed by atoms with Crippen LogP contribution in [0.2, 0.25) is 0 Å². The van der Waals surface area contributed by atoms with Gasteiger partial charge in [-0.25, -0.2) is 0 Å². The fourth-order valence-corrected chi connectivity index (χ4v) is 2.50. The van der Waals surface area contributed by atoms with E-state index in [9.17, 15) is 4.79 Å². The number of pyridine rings is 1. The number of H-pyrrole nitrogens is 1. The fraction of sp³-hybridized carbons (Fsp3) is 0.312. The first-order chi connectivity index (χ1) is 8.88. The van der Waals surface area contributed by atoms with Crippen molar-refractivity contribution in [2.75, 3.05) is 5.73 Å². The molecule has 0 amide bonds. The van der Waals surface area contributed by atoms with Gasteiger partial charge in [-0.3, -0.25) is 4.79 Å². The number of nitrogen functional groups attached to an aromatic ring is 1. The molecule has 0 spiro atoms. The highest BCUT2D eigenvalue weighted by atomic mass is 16.1. The van der Waals surface area contributed by atoms with Crippen molar-refractivity contribution in [1.82, 2.24) is 4.98 Å². The summed E-state index contributed by atoms with van der Waals surface area (Å²) in [5.74, 6) is 0. The number of hydrogen-bond acceptors (Lipinski definition) is 2. The molecule has 0 bridgehead atoms. The summed E-state index contributed by atoms with van der Waals surface area (Å²) in [7, 11) is 0. The molecule has 0 radical (unpaired) electrons. The second-order valence-electron chi connectivity index (χ2n) is 5.27. The monoisotopic (exact) mass is 256 g/mol. The van der Waals surface area contributed by atoms with Gasteiger partial charge in [-0.2, -0.15) is 0 Å². The van der Waals surface area contributed by atoms with E-state index in [0.717, 1.165) is 16.8 Å². The minimum absolute atomic E-state index is 0.192. The molecule has 0 saturated heterocycles. The molecule has 1 aromatic heterocycles. The van der Waals surface area contributed by atoms with E-state index in [2.05, 4.69) is 37.0 Å². The van der Waals surface area contributed by atoms with Gasteiger partial charge in [0.25, 0.3) is 5.56 Å². The molecule has 0 aliphatic rings. The van der Waals surface area contributed by atoms with Gasteiger partial charge in [0, 0.05) is 12.1 Å². The third kappa shape index (κ3) is 2.70. The third-order valence-corrected chi connectivity index (χ3v) is 3.55. The molecular formula is C16H20N2O. The Balaban J connectivity index is 2.52. The van der Waals surface area contributed by atoms with E-state index in [1.54, 1.807) is 0 Å². The Morgan fingerprint density at radius 3 is 2.21 bits per heavy atom. The van der Waals surface area contributed by atoms with Crippen molar-refractivity contribution in [3.63, 3.8) is 0 Å². The minimum atomic E-state index is -0.192. The van der Waals surface area contributed by atoms with Gasteiger partial charge in [0.1, 0.15) is 5.69 Å². The van der Waals surface area contributed by atoms with Crippen LogP contribution < -0.4 is 11.3 Å². The molecule has 0 atom stereocenters. The first-order valence-electron chi connectivity index (χ1n) is 6.43. The number of aromatic nitrogens is 1. The van der Waals surface area contributed by atoms with E-state index < -0.39 is 0 Å². The van der Waals surface area contributed by atoms with Crippen LogP contribution in [0.1, 0.15) is 33.5 Å². The maximum Gasteiger partial charge on any atom is 0.271 e. The summed E-state index contributed by atoms with van der Waals surface area (Å²) in [6, 6.07) is 6.42. The number of nitrogens with two attached hydrogens (primary N) is 1. The van der Waals surface area contributed by atoms with Crippen molar-refractivity contribution in [1.29, 1.82) is 0 Å². The highest BCUT2D eigenvalue weighted by Crippen LogP contribution is 2.20. The molecule has 100 valence electrons. The average molecular weight is 256 g/mol. The largest absolute Gasteiger partial charge is 0.394 e. The molecule has 3 heteroatoms. The van der Waals surface area contributed by atoms with Crippen LogP contribution in [0.3, 0.4) is 0 Å². The van der Waals surface area contributed by atoms with Crippen LogP contribution in [-0.4, -0.2) is 4.98 Å². The van der Waals surface area contributed by atoms with Crippen LogP contribution in [0.15, 0.2) is 23.0 Å². The number of benzene rings is 1. The summed E-state index contributed by atoms with van der Waals surface area (Å²) in [6.45, 7) is 8.06. The summed E-state index contributed by atoms with van der Waals surface area (Å²) in [5, 5.41) is 0. The van der Waals surface area contributed by atoms with Gasteiger partial charge < -0.3 is 10.7 Å². The van der Waals surface area contributed by atoms with Crippen LogP contribution >= 0.6 is 0 Å². The van der Waals surface area contributed by atoms with Crippen molar-refractivity contribution in [2.24, 2.45) is 0 Å². The van der Waals surface area contributed by atoms with Gasteiger partial charge in [-0.05, 0) is 44.4 Å². The van der Waals surface area contributed by atoms with Crippen LogP contribution in [0.4, 0.5) is 5.69 Å². The molecule has 3 N–H and O–H groups in total. The molecule has 3 nitrogen and oxygen atoms in total. The number of hydrogen-bond donors (Lipinski definition) is 2. The van der Waals surface area contributed by atoms with Gasteiger partial charge in [0.2, 0.25) is 0 Å². The molecule has 1 heterocycles. The fourth-order valence-electron chi connectivity index (χ4n) is 2.50. The van der Waals surface area contributed by atoms with Gasteiger partial charge in [-0.15, -0.1) is 0 Å². The highest BCUT2D eigenvalue weighted by Gasteiger charge is 2.11. The van der Waals surface area contributed by atoms with Crippen molar-refractivity contribution >= 4 is 5.69 Å². The predicted molar refractivity (Wildman–Crippen MR) is 79.7 cm³/mol. The lowest BCUT2D eigenvalue weighted by Gasteiger charge is -2.12. The smallest absolute Gasteiger partial charge is 0.271 e. The van der Waals surface area contributed by atoms with E-state index >= 15 is 0 Å². The van der Waals surface area contributed by atoms with E-state index in [4.69, 9.17) is 5.73 Å². The zero-order valence-corrected chi connectivity index (χ0v) is 11.9. The molecule has 2 rings (SSSR count). The lowest BCUT2D eigenvalue weighted by atomic mass is 9.96. The standard InChI is InChI=1S/C16H20N2O/c1-9-5-10(2)7-13(6-9)8-14-11(3)12(4)18-16(19)15(14)17/h5-7H,8,17H2,1-4H3,(H,18,19). The van der Waals surface area contributed by atoms with E-state index in [0.29, 0.717) is 12.1 Å². The Labute approximate surface area is 113 Å². The summed E-state index contributed by atoms with van der Waals surface area (Å²) in [5.41, 5.74) is 12.6. The normalized spacial score (nSPS) is 10.7. The zero-order chi connectivity index (χ0) is 14.2. The van der Waals surface area contributed by atoms with Gasteiger partial charge in [0.05, 0.1) is 0 Å². The second-order valence-corrected chi connectivity index (χ2v) is 5.27. The lowest BCUT2D eigenvalue weighted by Crippen LogP contribution is -2.18. The molecule has 0 fully saturated rings. The molecular weight excluding hydrogens is 236 g/mol. The zero-order valence-electron chi connectivity index (χ0n) is 11.9. The highest BCUT2D eigenvalue weighted by molar-refractivity contribution is 5.52. The predicted octanol–water partition coefficient (Wildman–Crippen LogP) is 2.78. The second kappa shape index (κ2) is 4.92. The molecule has 19 heavy (non-hydrogen) atoms. The van der Waals surface area contributed by atoms with Gasteiger partial charge >= 0.3 is 0 Å². The molecule has 2 aromatic rings.